The number of nitrogens with one attached hydrogen (secondary N) is 1. The number of esters is 1. The van der Waals surface area contributed by atoms with Gasteiger partial charge in [-0.1, -0.05) is 11.3 Å². The lowest BCUT2D eigenvalue weighted by Gasteiger charge is -2.04. The third-order valence-corrected chi connectivity index (χ3v) is 4.47. The van der Waals surface area contributed by atoms with Crippen LogP contribution in [0.5, 0.6) is 0 Å². The van der Waals surface area contributed by atoms with E-state index in [-0.39, 0.29) is 28.0 Å². The molecule has 0 spiro atoms. The van der Waals surface area contributed by atoms with Crippen molar-refractivity contribution >= 4 is 39.7 Å². The Bertz CT molecular complexity index is 739. The van der Waals surface area contributed by atoms with Crippen molar-refractivity contribution in [2.45, 2.75) is 20.0 Å². The summed E-state index contributed by atoms with van der Waals surface area (Å²) < 4.78 is 43.5. The predicted molar refractivity (Wildman–Crippen MR) is 77.9 cm³/mol. The van der Waals surface area contributed by atoms with E-state index < -0.39 is 28.6 Å². The normalized spacial score (nSPS) is 11.3. The van der Waals surface area contributed by atoms with Crippen molar-refractivity contribution in [1.29, 1.82) is 0 Å². The number of carbonyl (C=O) groups excluding carboxylic acids is 2. The smallest absolute Gasteiger partial charge is 0.428 e. The number of aromatic nitrogens is 2. The summed E-state index contributed by atoms with van der Waals surface area (Å²) in [6, 6.07) is 0. The Hall–Kier alpha value is -2.01. The molecule has 2 aromatic heterocycles. The lowest BCUT2D eigenvalue weighted by molar-refractivity contribution is -0.135. The van der Waals surface area contributed by atoms with Gasteiger partial charge in [0, 0.05) is 0 Å². The molecule has 2 rings (SSSR count). The Balaban J connectivity index is 2.32. The standard InChI is InChI=1S/C12H10F3N3O3S2/c1-3-21-10(20)6-8(12(13,14)15)23-11(17-6)18-9(19)7-5(2)16-4-22-7/h4H,3H2,1-2H3,(H,17,18,19). The Kier molecular flexibility index (Phi) is 5.00. The largest absolute Gasteiger partial charge is 0.461 e. The first kappa shape index (κ1) is 17.3. The van der Waals surface area contributed by atoms with Crippen LogP contribution in [-0.2, 0) is 10.9 Å². The van der Waals surface area contributed by atoms with Gasteiger partial charge in [0.2, 0.25) is 0 Å². The Morgan fingerprint density at radius 3 is 2.61 bits per heavy atom. The number of amides is 1. The molecule has 1 N–H and O–H groups in total. The van der Waals surface area contributed by atoms with Crippen LogP contribution < -0.4 is 5.32 Å². The van der Waals surface area contributed by atoms with E-state index in [1.165, 1.54) is 12.4 Å². The highest BCUT2D eigenvalue weighted by molar-refractivity contribution is 7.16. The van der Waals surface area contributed by atoms with Crippen LogP contribution in [-0.4, -0.2) is 28.5 Å². The van der Waals surface area contributed by atoms with Crippen LogP contribution in [0.3, 0.4) is 0 Å². The van der Waals surface area contributed by atoms with Crippen LogP contribution in [0.15, 0.2) is 5.51 Å². The van der Waals surface area contributed by atoms with Gasteiger partial charge in [0.05, 0.1) is 17.8 Å². The SMILES string of the molecule is CCOC(=O)c1nc(NC(=O)c2scnc2C)sc1C(F)(F)F. The molecule has 0 fully saturated rings. The van der Waals surface area contributed by atoms with Crippen LogP contribution in [0.1, 0.15) is 37.7 Å². The number of nitrogens with zero attached hydrogens (tertiary/aromatic N) is 2. The zero-order valence-electron chi connectivity index (χ0n) is 11.9. The minimum absolute atomic E-state index is 0.0879. The van der Waals surface area contributed by atoms with Crippen molar-refractivity contribution in [3.63, 3.8) is 0 Å². The topological polar surface area (TPSA) is 81.2 Å². The van der Waals surface area contributed by atoms with Crippen molar-refractivity contribution in [2.24, 2.45) is 0 Å². The highest BCUT2D eigenvalue weighted by Gasteiger charge is 2.40. The summed E-state index contributed by atoms with van der Waals surface area (Å²) in [4.78, 5) is 30.1. The minimum atomic E-state index is -4.77. The zero-order chi connectivity index (χ0) is 17.2. The first-order valence-electron chi connectivity index (χ1n) is 6.20. The average molecular weight is 365 g/mol. The maximum absolute atomic E-state index is 13.0. The number of carbonyl (C=O) groups is 2. The van der Waals surface area contributed by atoms with Gasteiger partial charge in [-0.15, -0.1) is 11.3 Å². The lowest BCUT2D eigenvalue weighted by atomic mass is 10.3. The molecule has 0 bridgehead atoms. The molecule has 0 aromatic carbocycles. The fourth-order valence-corrected chi connectivity index (χ4v) is 3.09. The van der Waals surface area contributed by atoms with E-state index in [0.717, 1.165) is 11.3 Å². The number of halogens is 3. The summed E-state index contributed by atoms with van der Waals surface area (Å²) in [5, 5.41) is 1.91. The minimum Gasteiger partial charge on any atom is -0.461 e. The third-order valence-electron chi connectivity index (χ3n) is 2.53. The van der Waals surface area contributed by atoms with Crippen molar-refractivity contribution < 1.29 is 27.5 Å². The zero-order valence-corrected chi connectivity index (χ0v) is 13.5. The van der Waals surface area contributed by atoms with E-state index in [2.05, 4.69) is 20.0 Å². The summed E-state index contributed by atoms with van der Waals surface area (Å²) in [5.74, 6) is -1.83. The van der Waals surface area contributed by atoms with Crippen LogP contribution >= 0.6 is 22.7 Å². The van der Waals surface area contributed by atoms with Crippen LogP contribution in [0.4, 0.5) is 18.3 Å². The third kappa shape index (κ3) is 3.85. The molecule has 0 aliphatic rings. The number of ether oxygens (including phenoxy) is 1. The van der Waals surface area contributed by atoms with Crippen molar-refractivity contribution in [2.75, 3.05) is 11.9 Å². The van der Waals surface area contributed by atoms with Crippen LogP contribution in [0, 0.1) is 6.92 Å². The van der Waals surface area contributed by atoms with E-state index in [1.807, 2.05) is 0 Å². The Morgan fingerprint density at radius 1 is 1.39 bits per heavy atom. The summed E-state index contributed by atoms with van der Waals surface area (Å²) in [5.41, 5.74) is 1.03. The summed E-state index contributed by atoms with van der Waals surface area (Å²) in [7, 11) is 0. The number of aryl methyl sites for hydroxylation is 1. The maximum Gasteiger partial charge on any atom is 0.428 e. The molecule has 6 nitrogen and oxygen atoms in total. The Labute approximate surface area is 136 Å². The number of hydrogen-bond acceptors (Lipinski definition) is 7. The van der Waals surface area contributed by atoms with Gasteiger partial charge < -0.3 is 4.74 Å². The molecular formula is C12H10F3N3O3S2. The molecule has 11 heteroatoms. The van der Waals surface area contributed by atoms with E-state index in [1.54, 1.807) is 6.92 Å². The quantitative estimate of drug-likeness (QED) is 0.841. The number of rotatable bonds is 4. The van der Waals surface area contributed by atoms with Crippen molar-refractivity contribution in [1.82, 2.24) is 9.97 Å². The molecule has 2 aromatic rings. The predicted octanol–water partition coefficient (Wildman–Crippen LogP) is 3.36. The first-order chi connectivity index (χ1) is 10.7. The number of alkyl halides is 3. The summed E-state index contributed by atoms with van der Waals surface area (Å²) in [6.45, 7) is 2.97. The molecule has 0 unspecified atom stereocenters. The van der Waals surface area contributed by atoms with E-state index >= 15 is 0 Å². The molecule has 23 heavy (non-hydrogen) atoms. The van der Waals surface area contributed by atoms with Gasteiger partial charge in [0.15, 0.2) is 10.8 Å². The van der Waals surface area contributed by atoms with Gasteiger partial charge in [-0.2, -0.15) is 13.2 Å². The van der Waals surface area contributed by atoms with Crippen LogP contribution in [0.2, 0.25) is 0 Å². The summed E-state index contributed by atoms with van der Waals surface area (Å²) >= 11 is 1.22. The van der Waals surface area contributed by atoms with Gasteiger partial charge >= 0.3 is 12.1 Å². The average Bonchev–Trinajstić information content (AvgIpc) is 3.04. The van der Waals surface area contributed by atoms with Gasteiger partial charge in [0.25, 0.3) is 5.91 Å². The van der Waals surface area contributed by atoms with E-state index in [0.29, 0.717) is 5.69 Å². The summed E-state index contributed by atoms with van der Waals surface area (Å²) in [6.07, 6.45) is -4.77. The Morgan fingerprint density at radius 2 is 2.09 bits per heavy atom. The van der Waals surface area contributed by atoms with Crippen LogP contribution in [0.25, 0.3) is 0 Å². The molecule has 0 aliphatic heterocycles. The van der Waals surface area contributed by atoms with Gasteiger partial charge in [-0.05, 0) is 13.8 Å². The second kappa shape index (κ2) is 6.62. The monoisotopic (exact) mass is 365 g/mol. The maximum atomic E-state index is 13.0. The lowest BCUT2D eigenvalue weighted by Crippen LogP contribution is -2.14. The first-order valence-corrected chi connectivity index (χ1v) is 7.90. The molecule has 0 saturated carbocycles. The van der Waals surface area contributed by atoms with Gasteiger partial charge in [-0.3, -0.25) is 10.1 Å². The molecule has 0 aliphatic carbocycles. The fourth-order valence-electron chi connectivity index (χ4n) is 1.58. The molecule has 2 heterocycles. The number of hydrogen-bond donors (Lipinski definition) is 1. The van der Waals surface area contributed by atoms with Crippen molar-refractivity contribution in [3.05, 3.63) is 26.7 Å². The highest BCUT2D eigenvalue weighted by atomic mass is 32.1. The van der Waals surface area contributed by atoms with Gasteiger partial charge in [-0.25, -0.2) is 14.8 Å². The fraction of sp³-hybridized carbons (Fsp3) is 0.333. The molecule has 1 amide bonds. The highest BCUT2D eigenvalue weighted by Crippen LogP contribution is 2.38. The van der Waals surface area contributed by atoms with Gasteiger partial charge in [0.1, 0.15) is 9.75 Å². The molecule has 0 saturated heterocycles. The molecule has 0 radical (unpaired) electrons. The molecular weight excluding hydrogens is 355 g/mol. The molecule has 0 atom stereocenters. The second-order valence-corrected chi connectivity index (χ2v) is 5.99. The number of thiazole rings is 2. The van der Waals surface area contributed by atoms with Crippen molar-refractivity contribution in [3.8, 4) is 0 Å². The van der Waals surface area contributed by atoms with E-state index in [9.17, 15) is 22.8 Å². The number of anilines is 1. The molecule has 124 valence electrons. The van der Waals surface area contributed by atoms with E-state index in [4.69, 9.17) is 0 Å². The second-order valence-electron chi connectivity index (χ2n) is 4.14.